The normalized spacial score (nSPS) is 24.1. The van der Waals surface area contributed by atoms with Gasteiger partial charge in [-0.3, -0.25) is 0 Å². The molecule has 5 heteroatoms. The predicted octanol–water partition coefficient (Wildman–Crippen LogP) is 1.70. The molecular formula is C13H18N2O3. The summed E-state index contributed by atoms with van der Waals surface area (Å²) >= 11 is 0. The number of aryl methyl sites for hydroxylation is 1. The SMILES string of the molecule is Cc1nc(N2C[C@@H](C)O[C@@H](C)C2)ccc1C(=O)O. The predicted molar refractivity (Wildman–Crippen MR) is 68.2 cm³/mol. The van der Waals surface area contributed by atoms with E-state index < -0.39 is 5.97 Å². The lowest BCUT2D eigenvalue weighted by Gasteiger charge is -2.36. The van der Waals surface area contributed by atoms with Crippen LogP contribution in [0.15, 0.2) is 12.1 Å². The number of carboxylic acids is 1. The van der Waals surface area contributed by atoms with Crippen molar-refractivity contribution in [1.82, 2.24) is 4.98 Å². The molecule has 2 heterocycles. The van der Waals surface area contributed by atoms with Crippen molar-refractivity contribution in [3.05, 3.63) is 23.4 Å². The number of nitrogens with zero attached hydrogens (tertiary/aromatic N) is 2. The molecule has 1 aliphatic rings. The minimum absolute atomic E-state index is 0.162. The first-order valence-electron chi connectivity index (χ1n) is 6.08. The lowest BCUT2D eigenvalue weighted by molar-refractivity contribution is -0.00547. The summed E-state index contributed by atoms with van der Waals surface area (Å²) in [5.41, 5.74) is 0.805. The maximum atomic E-state index is 10.9. The van der Waals surface area contributed by atoms with Crippen LogP contribution in [0.25, 0.3) is 0 Å². The Hall–Kier alpha value is -1.62. The van der Waals surface area contributed by atoms with Gasteiger partial charge in [-0.05, 0) is 32.9 Å². The highest BCUT2D eigenvalue weighted by Gasteiger charge is 2.23. The summed E-state index contributed by atoms with van der Waals surface area (Å²) in [5.74, 6) is -0.116. The number of morpholine rings is 1. The van der Waals surface area contributed by atoms with E-state index in [4.69, 9.17) is 9.84 Å². The monoisotopic (exact) mass is 250 g/mol. The van der Waals surface area contributed by atoms with Crippen LogP contribution in [-0.4, -0.2) is 41.4 Å². The van der Waals surface area contributed by atoms with Gasteiger partial charge in [-0.2, -0.15) is 0 Å². The van der Waals surface area contributed by atoms with Crippen molar-refractivity contribution in [3.8, 4) is 0 Å². The Kier molecular flexibility index (Phi) is 3.52. The summed E-state index contributed by atoms with van der Waals surface area (Å²) in [6.45, 7) is 7.34. The fourth-order valence-electron chi connectivity index (χ4n) is 2.31. The zero-order valence-corrected chi connectivity index (χ0v) is 10.9. The first kappa shape index (κ1) is 12.8. The molecule has 0 amide bonds. The Bertz CT molecular complexity index is 452. The average molecular weight is 250 g/mol. The number of anilines is 1. The van der Waals surface area contributed by atoms with Crippen molar-refractivity contribution in [2.45, 2.75) is 33.0 Å². The molecule has 0 radical (unpaired) electrons. The van der Waals surface area contributed by atoms with Crippen molar-refractivity contribution < 1.29 is 14.6 Å². The van der Waals surface area contributed by atoms with Gasteiger partial charge in [0.15, 0.2) is 0 Å². The summed E-state index contributed by atoms with van der Waals surface area (Å²) in [7, 11) is 0. The molecule has 1 aliphatic heterocycles. The molecule has 1 fully saturated rings. The van der Waals surface area contributed by atoms with E-state index in [0.717, 1.165) is 18.9 Å². The van der Waals surface area contributed by atoms with E-state index in [0.29, 0.717) is 5.69 Å². The minimum atomic E-state index is -0.935. The molecule has 1 aromatic rings. The molecule has 0 unspecified atom stereocenters. The van der Waals surface area contributed by atoms with Crippen LogP contribution in [0.3, 0.4) is 0 Å². The van der Waals surface area contributed by atoms with E-state index in [1.54, 1.807) is 19.1 Å². The molecule has 0 aromatic carbocycles. The number of hydrogen-bond acceptors (Lipinski definition) is 4. The molecule has 0 bridgehead atoms. The van der Waals surface area contributed by atoms with E-state index in [1.165, 1.54) is 0 Å². The molecule has 2 rings (SSSR count). The van der Waals surface area contributed by atoms with Crippen LogP contribution in [0, 0.1) is 6.92 Å². The van der Waals surface area contributed by atoms with Gasteiger partial charge in [-0.1, -0.05) is 0 Å². The average Bonchev–Trinajstić information content (AvgIpc) is 2.26. The van der Waals surface area contributed by atoms with Crippen LogP contribution >= 0.6 is 0 Å². The van der Waals surface area contributed by atoms with Crippen LogP contribution in [0.5, 0.6) is 0 Å². The van der Waals surface area contributed by atoms with Gasteiger partial charge in [0, 0.05) is 13.1 Å². The van der Waals surface area contributed by atoms with Crippen LogP contribution in [0.2, 0.25) is 0 Å². The lowest BCUT2D eigenvalue weighted by atomic mass is 10.2. The van der Waals surface area contributed by atoms with E-state index in [1.807, 2.05) is 13.8 Å². The molecule has 2 atom stereocenters. The fraction of sp³-hybridized carbons (Fsp3) is 0.538. The van der Waals surface area contributed by atoms with Gasteiger partial charge in [-0.25, -0.2) is 9.78 Å². The number of hydrogen-bond donors (Lipinski definition) is 1. The van der Waals surface area contributed by atoms with E-state index in [9.17, 15) is 4.79 Å². The zero-order chi connectivity index (χ0) is 13.3. The number of ether oxygens (including phenoxy) is 1. The van der Waals surface area contributed by atoms with Gasteiger partial charge in [0.25, 0.3) is 0 Å². The quantitative estimate of drug-likeness (QED) is 0.865. The van der Waals surface area contributed by atoms with Gasteiger partial charge in [0.05, 0.1) is 23.5 Å². The summed E-state index contributed by atoms with van der Waals surface area (Å²) in [6, 6.07) is 3.38. The van der Waals surface area contributed by atoms with Crippen molar-refractivity contribution in [2.24, 2.45) is 0 Å². The molecular weight excluding hydrogens is 232 g/mol. The maximum Gasteiger partial charge on any atom is 0.337 e. The Morgan fingerprint density at radius 1 is 1.39 bits per heavy atom. The first-order chi connectivity index (χ1) is 8.47. The molecule has 0 aliphatic carbocycles. The van der Waals surface area contributed by atoms with E-state index >= 15 is 0 Å². The molecule has 1 aromatic heterocycles. The lowest BCUT2D eigenvalue weighted by Crippen LogP contribution is -2.45. The molecule has 98 valence electrons. The molecule has 1 N–H and O–H groups in total. The van der Waals surface area contributed by atoms with Gasteiger partial charge >= 0.3 is 5.97 Å². The van der Waals surface area contributed by atoms with Gasteiger partial charge in [0.2, 0.25) is 0 Å². The summed E-state index contributed by atoms with van der Waals surface area (Å²) in [5, 5.41) is 8.98. The van der Waals surface area contributed by atoms with Crippen LogP contribution in [-0.2, 0) is 4.74 Å². The summed E-state index contributed by atoms with van der Waals surface area (Å²) < 4.78 is 5.67. The van der Waals surface area contributed by atoms with Crippen LogP contribution < -0.4 is 4.90 Å². The number of carboxylic acid groups (broad SMARTS) is 1. The standard InChI is InChI=1S/C13H18N2O3/c1-8-6-15(7-9(2)18-8)12-5-4-11(13(16)17)10(3)14-12/h4-5,8-9H,6-7H2,1-3H3,(H,16,17)/t8-,9+. The number of aromatic carboxylic acids is 1. The Labute approximate surface area is 106 Å². The third kappa shape index (κ3) is 2.61. The highest BCUT2D eigenvalue weighted by Crippen LogP contribution is 2.20. The third-order valence-electron chi connectivity index (χ3n) is 3.05. The van der Waals surface area contributed by atoms with Crippen molar-refractivity contribution in [1.29, 1.82) is 0 Å². The molecule has 0 spiro atoms. The smallest absolute Gasteiger partial charge is 0.337 e. The second-order valence-corrected chi connectivity index (χ2v) is 4.77. The Morgan fingerprint density at radius 3 is 2.50 bits per heavy atom. The maximum absolute atomic E-state index is 10.9. The molecule has 0 saturated carbocycles. The van der Waals surface area contributed by atoms with E-state index in [-0.39, 0.29) is 17.8 Å². The Morgan fingerprint density at radius 2 is 2.00 bits per heavy atom. The molecule has 18 heavy (non-hydrogen) atoms. The van der Waals surface area contributed by atoms with Crippen molar-refractivity contribution in [3.63, 3.8) is 0 Å². The van der Waals surface area contributed by atoms with Gasteiger partial charge < -0.3 is 14.7 Å². The number of aromatic nitrogens is 1. The largest absolute Gasteiger partial charge is 0.478 e. The van der Waals surface area contributed by atoms with Crippen molar-refractivity contribution in [2.75, 3.05) is 18.0 Å². The Balaban J connectivity index is 2.23. The van der Waals surface area contributed by atoms with E-state index in [2.05, 4.69) is 9.88 Å². The second kappa shape index (κ2) is 4.94. The minimum Gasteiger partial charge on any atom is -0.478 e. The first-order valence-corrected chi connectivity index (χ1v) is 6.08. The topological polar surface area (TPSA) is 62.7 Å². The van der Waals surface area contributed by atoms with Gasteiger partial charge in [-0.15, -0.1) is 0 Å². The van der Waals surface area contributed by atoms with Crippen LogP contribution in [0.4, 0.5) is 5.82 Å². The summed E-state index contributed by atoms with van der Waals surface area (Å²) in [6.07, 6.45) is 0.324. The van der Waals surface area contributed by atoms with Crippen molar-refractivity contribution >= 4 is 11.8 Å². The fourth-order valence-corrected chi connectivity index (χ4v) is 2.31. The van der Waals surface area contributed by atoms with Crippen LogP contribution in [0.1, 0.15) is 29.9 Å². The number of rotatable bonds is 2. The highest BCUT2D eigenvalue weighted by atomic mass is 16.5. The molecule has 1 saturated heterocycles. The highest BCUT2D eigenvalue weighted by molar-refractivity contribution is 5.89. The summed E-state index contributed by atoms with van der Waals surface area (Å²) in [4.78, 5) is 17.5. The second-order valence-electron chi connectivity index (χ2n) is 4.77. The zero-order valence-electron chi connectivity index (χ0n) is 10.9. The number of carbonyl (C=O) groups is 1. The molecule has 5 nitrogen and oxygen atoms in total. The number of pyridine rings is 1. The van der Waals surface area contributed by atoms with Gasteiger partial charge in [0.1, 0.15) is 5.82 Å². The third-order valence-corrected chi connectivity index (χ3v) is 3.05.